The van der Waals surface area contributed by atoms with Crippen LogP contribution in [0.2, 0.25) is 6.04 Å². The van der Waals surface area contributed by atoms with Crippen molar-refractivity contribution < 1.29 is 13.3 Å². The molecule has 0 aromatic carbocycles. The van der Waals surface area contributed by atoms with E-state index < -0.39 is 8.80 Å². The molecule has 0 unspecified atom stereocenters. The SMILES string of the molecule is CCCC[Si](OC)(OC)OC.S. The van der Waals surface area contributed by atoms with Crippen molar-refractivity contribution in [3.63, 3.8) is 0 Å². The van der Waals surface area contributed by atoms with Gasteiger partial charge in [-0.25, -0.2) is 0 Å². The largest absolute Gasteiger partial charge is 0.500 e. The summed E-state index contributed by atoms with van der Waals surface area (Å²) in [7, 11) is 2.70. The molecule has 0 saturated heterocycles. The van der Waals surface area contributed by atoms with Crippen LogP contribution in [0.3, 0.4) is 0 Å². The van der Waals surface area contributed by atoms with E-state index in [2.05, 4.69) is 6.92 Å². The van der Waals surface area contributed by atoms with Crippen LogP contribution in [0.1, 0.15) is 19.8 Å². The fourth-order valence-electron chi connectivity index (χ4n) is 0.949. The van der Waals surface area contributed by atoms with Crippen LogP contribution in [0.15, 0.2) is 0 Å². The highest BCUT2D eigenvalue weighted by Crippen LogP contribution is 2.15. The lowest BCUT2D eigenvalue weighted by atomic mass is 10.4. The molecule has 76 valence electrons. The topological polar surface area (TPSA) is 27.7 Å². The summed E-state index contributed by atoms with van der Waals surface area (Å²) in [4.78, 5) is 0. The zero-order chi connectivity index (χ0) is 8.74. The summed E-state index contributed by atoms with van der Waals surface area (Å²) in [5.74, 6) is 0. The standard InChI is InChI=1S/C7H18O3Si.H2S/c1-5-6-7-11(8-2,9-3)10-4;/h5-7H2,1-4H3;1H2. The molecule has 0 aliphatic rings. The summed E-state index contributed by atoms with van der Waals surface area (Å²) in [6, 6.07) is 0.910. The third kappa shape index (κ3) is 4.47. The maximum atomic E-state index is 5.23. The molecule has 0 N–H and O–H groups in total. The van der Waals surface area contributed by atoms with Gasteiger partial charge < -0.3 is 13.3 Å². The molecule has 12 heavy (non-hydrogen) atoms. The van der Waals surface area contributed by atoms with Gasteiger partial charge in [0.25, 0.3) is 0 Å². The Bertz CT molecular complexity index is 90.4. The Hall–Kier alpha value is 0.447. The van der Waals surface area contributed by atoms with Crippen molar-refractivity contribution in [1.29, 1.82) is 0 Å². The van der Waals surface area contributed by atoms with E-state index in [1.165, 1.54) is 0 Å². The van der Waals surface area contributed by atoms with Crippen LogP contribution in [-0.4, -0.2) is 30.1 Å². The molecule has 0 aliphatic heterocycles. The van der Waals surface area contributed by atoms with Gasteiger partial charge in [0.1, 0.15) is 0 Å². The van der Waals surface area contributed by atoms with E-state index in [9.17, 15) is 0 Å². The molecule has 0 atom stereocenters. The molecule has 0 heterocycles. The molecular weight excluding hydrogens is 192 g/mol. The van der Waals surface area contributed by atoms with Crippen LogP contribution < -0.4 is 0 Å². The highest BCUT2D eigenvalue weighted by molar-refractivity contribution is 7.59. The van der Waals surface area contributed by atoms with Crippen LogP contribution >= 0.6 is 13.5 Å². The van der Waals surface area contributed by atoms with Gasteiger partial charge in [-0.15, -0.1) is 0 Å². The lowest BCUT2D eigenvalue weighted by Gasteiger charge is -2.23. The van der Waals surface area contributed by atoms with Gasteiger partial charge in [0.05, 0.1) is 0 Å². The summed E-state index contributed by atoms with van der Waals surface area (Å²) in [6.07, 6.45) is 2.24. The quantitative estimate of drug-likeness (QED) is 0.628. The Morgan fingerprint density at radius 3 is 1.67 bits per heavy atom. The molecule has 0 radical (unpaired) electrons. The molecule has 5 heteroatoms. The average molecular weight is 212 g/mol. The van der Waals surface area contributed by atoms with Crippen molar-refractivity contribution in [1.82, 2.24) is 0 Å². The third-order valence-corrected chi connectivity index (χ3v) is 4.60. The smallest absolute Gasteiger partial charge is 0.377 e. The van der Waals surface area contributed by atoms with Gasteiger partial charge in [-0.2, -0.15) is 13.5 Å². The first-order valence-corrected chi connectivity index (χ1v) is 5.83. The Balaban J connectivity index is 0. The predicted octanol–water partition coefficient (Wildman–Crippen LogP) is 1.78. The van der Waals surface area contributed by atoms with Gasteiger partial charge in [-0.3, -0.25) is 0 Å². The molecule has 0 aliphatic carbocycles. The Kier molecular flexibility index (Phi) is 10.0. The van der Waals surface area contributed by atoms with Gasteiger partial charge >= 0.3 is 8.80 Å². The fourth-order valence-corrected chi connectivity index (χ4v) is 2.85. The van der Waals surface area contributed by atoms with E-state index in [1.807, 2.05) is 0 Å². The minimum absolute atomic E-state index is 0. The van der Waals surface area contributed by atoms with Crippen molar-refractivity contribution in [3.05, 3.63) is 0 Å². The van der Waals surface area contributed by atoms with E-state index in [0.717, 1.165) is 18.9 Å². The highest BCUT2D eigenvalue weighted by Gasteiger charge is 2.36. The van der Waals surface area contributed by atoms with Crippen LogP contribution in [0.4, 0.5) is 0 Å². The highest BCUT2D eigenvalue weighted by atomic mass is 32.1. The summed E-state index contributed by atoms with van der Waals surface area (Å²) in [6.45, 7) is 2.14. The maximum absolute atomic E-state index is 5.23. The molecule has 0 fully saturated rings. The molecular formula is C7H20O3SSi. The molecule has 0 aromatic heterocycles. The van der Waals surface area contributed by atoms with Crippen LogP contribution in [-0.2, 0) is 13.3 Å². The first-order valence-electron chi connectivity index (χ1n) is 3.90. The number of rotatable bonds is 6. The minimum Gasteiger partial charge on any atom is -0.377 e. The van der Waals surface area contributed by atoms with Crippen LogP contribution in [0, 0.1) is 0 Å². The van der Waals surface area contributed by atoms with Crippen molar-refractivity contribution in [2.45, 2.75) is 25.8 Å². The molecule has 3 nitrogen and oxygen atoms in total. The van der Waals surface area contributed by atoms with Gasteiger partial charge in [-0.1, -0.05) is 13.3 Å². The normalized spacial score (nSPS) is 11.0. The second kappa shape index (κ2) is 8.06. The van der Waals surface area contributed by atoms with E-state index in [-0.39, 0.29) is 13.5 Å². The van der Waals surface area contributed by atoms with Crippen LogP contribution in [0.25, 0.3) is 0 Å². The molecule has 0 amide bonds. The maximum Gasteiger partial charge on any atom is 0.500 e. The lowest BCUT2D eigenvalue weighted by Crippen LogP contribution is -2.42. The third-order valence-electron chi connectivity index (χ3n) is 1.77. The van der Waals surface area contributed by atoms with Crippen molar-refractivity contribution in [2.24, 2.45) is 0 Å². The van der Waals surface area contributed by atoms with E-state index in [1.54, 1.807) is 21.3 Å². The first kappa shape index (κ1) is 14.9. The molecule has 0 spiro atoms. The minimum atomic E-state index is -2.24. The summed E-state index contributed by atoms with van der Waals surface area (Å²) in [5, 5.41) is 0. The summed E-state index contributed by atoms with van der Waals surface area (Å²) >= 11 is 0. The number of hydrogen-bond acceptors (Lipinski definition) is 3. The zero-order valence-corrected chi connectivity index (χ0v) is 10.3. The number of unbranched alkanes of at least 4 members (excludes halogenated alkanes) is 1. The van der Waals surface area contributed by atoms with E-state index in [4.69, 9.17) is 13.3 Å². The molecule has 0 aromatic rings. The average Bonchev–Trinajstić information content (AvgIpc) is 2.08. The van der Waals surface area contributed by atoms with Gasteiger partial charge in [0.2, 0.25) is 0 Å². The van der Waals surface area contributed by atoms with Gasteiger partial charge in [0, 0.05) is 27.4 Å². The Labute approximate surface area is 83.2 Å². The summed E-state index contributed by atoms with van der Waals surface area (Å²) < 4.78 is 15.7. The zero-order valence-electron chi connectivity index (χ0n) is 8.35. The molecule has 0 bridgehead atoms. The summed E-state index contributed by atoms with van der Waals surface area (Å²) in [5.41, 5.74) is 0. The van der Waals surface area contributed by atoms with Crippen molar-refractivity contribution >= 4 is 22.3 Å². The van der Waals surface area contributed by atoms with E-state index >= 15 is 0 Å². The van der Waals surface area contributed by atoms with Crippen molar-refractivity contribution in [3.8, 4) is 0 Å². The lowest BCUT2D eigenvalue weighted by molar-refractivity contribution is 0.123. The second-order valence-corrected chi connectivity index (χ2v) is 5.49. The second-order valence-electron chi connectivity index (χ2n) is 2.40. The first-order chi connectivity index (χ1) is 5.24. The van der Waals surface area contributed by atoms with E-state index in [0.29, 0.717) is 0 Å². The number of hydrogen-bond donors (Lipinski definition) is 0. The Morgan fingerprint density at radius 1 is 1.00 bits per heavy atom. The predicted molar refractivity (Wildman–Crippen MR) is 56.9 cm³/mol. The fraction of sp³-hybridized carbons (Fsp3) is 1.00. The molecule has 0 rings (SSSR count). The van der Waals surface area contributed by atoms with Crippen LogP contribution in [0.5, 0.6) is 0 Å². The molecule has 0 saturated carbocycles. The van der Waals surface area contributed by atoms with Gasteiger partial charge in [-0.05, 0) is 6.42 Å². The van der Waals surface area contributed by atoms with Gasteiger partial charge in [0.15, 0.2) is 0 Å². The van der Waals surface area contributed by atoms with Crippen molar-refractivity contribution in [2.75, 3.05) is 21.3 Å². The monoisotopic (exact) mass is 212 g/mol. The Morgan fingerprint density at radius 2 is 1.42 bits per heavy atom.